The second-order valence-corrected chi connectivity index (χ2v) is 5.47. The number of nitrogens with one attached hydrogen (secondary N) is 3. The summed E-state index contributed by atoms with van der Waals surface area (Å²) in [6.07, 6.45) is -0.0529. The lowest BCUT2D eigenvalue weighted by Gasteiger charge is -2.11. The first kappa shape index (κ1) is 21.1. The zero-order chi connectivity index (χ0) is 19.5. The molecular formula is C17H24N4O5. The highest BCUT2D eigenvalue weighted by molar-refractivity contribution is 6.35. The Morgan fingerprint density at radius 1 is 1.15 bits per heavy atom. The van der Waals surface area contributed by atoms with E-state index in [1.807, 2.05) is 13.0 Å². The SMILES string of the molecule is COCCNC(=O)C(=O)N/N=C(\C)CC(=O)Nc1cc(C)ccc1OC. The second kappa shape index (κ2) is 10.8. The summed E-state index contributed by atoms with van der Waals surface area (Å²) in [6, 6.07) is 5.41. The van der Waals surface area contributed by atoms with Crippen LogP contribution in [-0.4, -0.2) is 50.8 Å². The van der Waals surface area contributed by atoms with Gasteiger partial charge in [-0.2, -0.15) is 5.10 Å². The molecule has 0 atom stereocenters. The van der Waals surface area contributed by atoms with Gasteiger partial charge in [0.25, 0.3) is 0 Å². The Kier molecular flexibility index (Phi) is 8.79. The highest BCUT2D eigenvalue weighted by atomic mass is 16.5. The van der Waals surface area contributed by atoms with Crippen LogP contribution in [-0.2, 0) is 19.1 Å². The number of hydrogen-bond acceptors (Lipinski definition) is 6. The van der Waals surface area contributed by atoms with Gasteiger partial charge in [-0.05, 0) is 31.5 Å². The molecule has 0 aliphatic carbocycles. The van der Waals surface area contributed by atoms with Crippen LogP contribution in [0.25, 0.3) is 0 Å². The minimum absolute atomic E-state index is 0.0529. The standard InChI is InChI=1S/C17H24N4O5/c1-11-5-6-14(26-4)13(9-11)19-15(22)10-12(2)20-21-17(24)16(23)18-7-8-25-3/h5-6,9H,7-8,10H2,1-4H3,(H,18,23)(H,19,22)(H,21,24)/b20-12+. The van der Waals surface area contributed by atoms with E-state index in [2.05, 4.69) is 21.2 Å². The van der Waals surface area contributed by atoms with E-state index in [1.165, 1.54) is 14.2 Å². The van der Waals surface area contributed by atoms with Crippen LogP contribution in [0, 0.1) is 6.92 Å². The Morgan fingerprint density at radius 3 is 2.54 bits per heavy atom. The van der Waals surface area contributed by atoms with Gasteiger partial charge in [0, 0.05) is 19.4 Å². The Morgan fingerprint density at radius 2 is 1.88 bits per heavy atom. The van der Waals surface area contributed by atoms with Crippen molar-refractivity contribution in [1.82, 2.24) is 10.7 Å². The largest absolute Gasteiger partial charge is 0.495 e. The molecule has 0 saturated heterocycles. The molecule has 0 bridgehead atoms. The van der Waals surface area contributed by atoms with Crippen LogP contribution in [0.2, 0.25) is 0 Å². The van der Waals surface area contributed by atoms with Crippen LogP contribution < -0.4 is 20.8 Å². The molecule has 1 aromatic rings. The van der Waals surface area contributed by atoms with Crippen LogP contribution >= 0.6 is 0 Å². The summed E-state index contributed by atoms with van der Waals surface area (Å²) in [5.41, 5.74) is 3.96. The fourth-order valence-electron chi connectivity index (χ4n) is 1.93. The van der Waals surface area contributed by atoms with E-state index in [9.17, 15) is 14.4 Å². The van der Waals surface area contributed by atoms with Gasteiger partial charge in [-0.1, -0.05) is 6.07 Å². The highest BCUT2D eigenvalue weighted by Gasteiger charge is 2.13. The van der Waals surface area contributed by atoms with Crippen molar-refractivity contribution in [3.8, 4) is 5.75 Å². The Labute approximate surface area is 152 Å². The van der Waals surface area contributed by atoms with E-state index in [0.29, 0.717) is 23.8 Å². The average Bonchev–Trinajstić information content (AvgIpc) is 2.59. The fraction of sp³-hybridized carbons (Fsp3) is 0.412. The molecule has 0 aliphatic heterocycles. The normalized spacial score (nSPS) is 10.8. The zero-order valence-electron chi connectivity index (χ0n) is 15.3. The van der Waals surface area contributed by atoms with E-state index >= 15 is 0 Å². The van der Waals surface area contributed by atoms with Gasteiger partial charge < -0.3 is 20.1 Å². The summed E-state index contributed by atoms with van der Waals surface area (Å²) in [5.74, 6) is -1.53. The summed E-state index contributed by atoms with van der Waals surface area (Å²) in [6.45, 7) is 3.97. The molecule has 0 radical (unpaired) electrons. The lowest BCUT2D eigenvalue weighted by Crippen LogP contribution is -2.39. The van der Waals surface area contributed by atoms with Crippen LogP contribution in [0.3, 0.4) is 0 Å². The van der Waals surface area contributed by atoms with Gasteiger partial charge in [-0.25, -0.2) is 5.43 Å². The average molecular weight is 364 g/mol. The molecule has 0 aliphatic rings. The Balaban J connectivity index is 2.53. The van der Waals surface area contributed by atoms with Crippen molar-refractivity contribution in [3.05, 3.63) is 23.8 Å². The smallest absolute Gasteiger partial charge is 0.329 e. The molecule has 1 rings (SSSR count). The van der Waals surface area contributed by atoms with Crippen LogP contribution in [0.1, 0.15) is 18.9 Å². The summed E-state index contributed by atoms with van der Waals surface area (Å²) >= 11 is 0. The number of rotatable bonds is 8. The maximum atomic E-state index is 12.1. The Bertz CT molecular complexity index is 688. The van der Waals surface area contributed by atoms with Crippen molar-refractivity contribution in [1.29, 1.82) is 0 Å². The third kappa shape index (κ3) is 7.31. The summed E-state index contributed by atoms with van der Waals surface area (Å²) in [7, 11) is 3.00. The molecular weight excluding hydrogens is 340 g/mol. The van der Waals surface area contributed by atoms with Crippen molar-refractivity contribution in [3.63, 3.8) is 0 Å². The lowest BCUT2D eigenvalue weighted by atomic mass is 10.2. The molecule has 3 N–H and O–H groups in total. The number of aryl methyl sites for hydroxylation is 1. The molecule has 1 aromatic carbocycles. The summed E-state index contributed by atoms with van der Waals surface area (Å²) in [5, 5.41) is 8.84. The molecule has 0 unspecified atom stereocenters. The van der Waals surface area contributed by atoms with E-state index in [0.717, 1.165) is 5.56 Å². The second-order valence-electron chi connectivity index (χ2n) is 5.47. The molecule has 0 spiro atoms. The highest BCUT2D eigenvalue weighted by Crippen LogP contribution is 2.25. The fourth-order valence-corrected chi connectivity index (χ4v) is 1.93. The van der Waals surface area contributed by atoms with E-state index < -0.39 is 11.8 Å². The van der Waals surface area contributed by atoms with Crippen LogP contribution in [0.5, 0.6) is 5.75 Å². The van der Waals surface area contributed by atoms with Crippen molar-refractivity contribution in [2.75, 3.05) is 32.7 Å². The number of carbonyl (C=O) groups excluding carboxylic acids is 3. The third-order valence-corrected chi connectivity index (χ3v) is 3.19. The maximum Gasteiger partial charge on any atom is 0.329 e. The lowest BCUT2D eigenvalue weighted by molar-refractivity contribution is -0.139. The predicted molar refractivity (Wildman–Crippen MR) is 97.1 cm³/mol. The molecule has 26 heavy (non-hydrogen) atoms. The maximum absolute atomic E-state index is 12.1. The number of hydrazone groups is 1. The number of anilines is 1. The summed E-state index contributed by atoms with van der Waals surface area (Å²) < 4.78 is 9.96. The minimum Gasteiger partial charge on any atom is -0.495 e. The van der Waals surface area contributed by atoms with Crippen molar-refractivity contribution in [2.24, 2.45) is 5.10 Å². The van der Waals surface area contributed by atoms with Gasteiger partial charge in [0.1, 0.15) is 5.75 Å². The molecule has 142 valence electrons. The summed E-state index contributed by atoms with van der Waals surface area (Å²) in [4.78, 5) is 35.1. The zero-order valence-corrected chi connectivity index (χ0v) is 15.3. The van der Waals surface area contributed by atoms with E-state index in [-0.39, 0.29) is 18.9 Å². The predicted octanol–water partition coefficient (Wildman–Crippen LogP) is 0.587. The topological polar surface area (TPSA) is 118 Å². The molecule has 0 aromatic heterocycles. The number of hydrogen-bond donors (Lipinski definition) is 3. The first-order chi connectivity index (χ1) is 12.4. The van der Waals surface area contributed by atoms with Gasteiger partial charge in [0.15, 0.2) is 0 Å². The van der Waals surface area contributed by atoms with Crippen LogP contribution in [0.4, 0.5) is 5.69 Å². The molecule has 0 heterocycles. The van der Waals surface area contributed by atoms with Crippen molar-refractivity contribution < 1.29 is 23.9 Å². The van der Waals surface area contributed by atoms with Crippen LogP contribution in [0.15, 0.2) is 23.3 Å². The number of methoxy groups -OCH3 is 2. The molecule has 3 amide bonds. The van der Waals surface area contributed by atoms with Gasteiger partial charge in [0.05, 0.1) is 25.8 Å². The number of nitrogens with zero attached hydrogens (tertiary/aromatic N) is 1. The van der Waals surface area contributed by atoms with Gasteiger partial charge >= 0.3 is 11.8 Å². The molecule has 9 nitrogen and oxygen atoms in total. The number of benzene rings is 1. The molecule has 0 saturated carbocycles. The number of ether oxygens (including phenoxy) is 2. The third-order valence-electron chi connectivity index (χ3n) is 3.19. The molecule has 9 heteroatoms. The first-order valence-corrected chi connectivity index (χ1v) is 7.92. The monoisotopic (exact) mass is 364 g/mol. The Hall–Kier alpha value is -2.94. The number of carbonyl (C=O) groups is 3. The van der Waals surface area contributed by atoms with E-state index in [1.54, 1.807) is 19.1 Å². The van der Waals surface area contributed by atoms with Gasteiger partial charge in [-0.15, -0.1) is 0 Å². The quantitative estimate of drug-likeness (QED) is 0.270. The van der Waals surface area contributed by atoms with Gasteiger partial charge in [0.2, 0.25) is 5.91 Å². The first-order valence-electron chi connectivity index (χ1n) is 7.92. The molecule has 0 fully saturated rings. The van der Waals surface area contributed by atoms with Crippen molar-refractivity contribution in [2.45, 2.75) is 20.3 Å². The minimum atomic E-state index is -0.916. The number of amides is 3. The van der Waals surface area contributed by atoms with Gasteiger partial charge in [-0.3, -0.25) is 14.4 Å². The van der Waals surface area contributed by atoms with Crippen molar-refractivity contribution >= 4 is 29.1 Å². The van der Waals surface area contributed by atoms with E-state index in [4.69, 9.17) is 9.47 Å².